The van der Waals surface area contributed by atoms with Crippen LogP contribution in [0.3, 0.4) is 0 Å². The zero-order chi connectivity index (χ0) is 16.8. The van der Waals surface area contributed by atoms with Crippen molar-refractivity contribution in [2.45, 2.75) is 26.7 Å². The average molecular weight is 332 g/mol. The summed E-state index contributed by atoms with van der Waals surface area (Å²) >= 11 is 5.84. The van der Waals surface area contributed by atoms with E-state index in [2.05, 4.69) is 9.97 Å². The van der Waals surface area contributed by atoms with Gasteiger partial charge in [0.15, 0.2) is 0 Å². The summed E-state index contributed by atoms with van der Waals surface area (Å²) in [6.45, 7) is 4.13. The van der Waals surface area contributed by atoms with E-state index < -0.39 is 5.91 Å². The predicted octanol–water partition coefficient (Wildman–Crippen LogP) is 3.52. The second kappa shape index (κ2) is 7.83. The Morgan fingerprint density at radius 3 is 2.35 bits per heavy atom. The van der Waals surface area contributed by atoms with Gasteiger partial charge in [-0.3, -0.25) is 19.5 Å². The molecule has 0 aliphatic heterocycles. The number of imide groups is 1. The highest BCUT2D eigenvalue weighted by Crippen LogP contribution is 2.14. The van der Waals surface area contributed by atoms with Gasteiger partial charge in [0.25, 0.3) is 11.8 Å². The molecular formula is C17H18ClN3O2. The first-order chi connectivity index (χ1) is 11.0. The van der Waals surface area contributed by atoms with E-state index in [1.54, 1.807) is 31.2 Å². The summed E-state index contributed by atoms with van der Waals surface area (Å²) in [5.74, 6) is -0.798. The van der Waals surface area contributed by atoms with Gasteiger partial charge in [-0.15, -0.1) is 0 Å². The number of hydrogen-bond donors (Lipinski definition) is 0. The third-order valence-corrected chi connectivity index (χ3v) is 3.57. The quantitative estimate of drug-likeness (QED) is 0.786. The van der Waals surface area contributed by atoms with E-state index in [1.165, 1.54) is 17.3 Å². The van der Waals surface area contributed by atoms with Crippen molar-refractivity contribution in [3.8, 4) is 0 Å². The molecule has 2 rings (SSSR count). The van der Waals surface area contributed by atoms with Crippen molar-refractivity contribution >= 4 is 23.4 Å². The van der Waals surface area contributed by atoms with Crippen molar-refractivity contribution in [2.75, 3.05) is 6.54 Å². The van der Waals surface area contributed by atoms with E-state index in [0.29, 0.717) is 22.8 Å². The molecule has 0 unspecified atom stereocenters. The number of hydrogen-bond acceptors (Lipinski definition) is 4. The lowest BCUT2D eigenvalue weighted by atomic mass is 10.1. The molecular weight excluding hydrogens is 314 g/mol. The number of carbonyl (C=O) groups is 2. The van der Waals surface area contributed by atoms with Crippen molar-refractivity contribution in [1.29, 1.82) is 0 Å². The fraction of sp³-hybridized carbons (Fsp3) is 0.294. The monoisotopic (exact) mass is 331 g/mol. The first kappa shape index (κ1) is 17.1. The van der Waals surface area contributed by atoms with Gasteiger partial charge in [-0.1, -0.05) is 24.9 Å². The Morgan fingerprint density at radius 1 is 1.09 bits per heavy atom. The number of nitrogens with zero attached hydrogens (tertiary/aromatic N) is 3. The van der Waals surface area contributed by atoms with E-state index in [4.69, 9.17) is 11.6 Å². The maximum atomic E-state index is 12.7. The van der Waals surface area contributed by atoms with E-state index >= 15 is 0 Å². The van der Waals surface area contributed by atoms with E-state index in [-0.39, 0.29) is 11.6 Å². The summed E-state index contributed by atoms with van der Waals surface area (Å²) in [7, 11) is 0. The Morgan fingerprint density at radius 2 is 1.78 bits per heavy atom. The molecule has 0 atom stereocenters. The lowest BCUT2D eigenvalue weighted by Crippen LogP contribution is -2.38. The van der Waals surface area contributed by atoms with Gasteiger partial charge in [0.1, 0.15) is 5.69 Å². The summed E-state index contributed by atoms with van der Waals surface area (Å²) in [5.41, 5.74) is 1.29. The standard InChI is InChI=1S/C17H18ClN3O2/c1-3-4-9-21(16(22)13-5-7-14(18)8-6-13)17(23)15-11-19-12(2)10-20-15/h5-8,10-11H,3-4,9H2,1-2H3. The predicted molar refractivity (Wildman–Crippen MR) is 88.5 cm³/mol. The minimum absolute atomic E-state index is 0.161. The zero-order valence-electron chi connectivity index (χ0n) is 13.1. The van der Waals surface area contributed by atoms with Gasteiger partial charge in [0, 0.05) is 23.3 Å². The van der Waals surface area contributed by atoms with E-state index in [0.717, 1.165) is 12.8 Å². The van der Waals surface area contributed by atoms with Crippen LogP contribution in [0, 0.1) is 6.92 Å². The molecule has 0 saturated carbocycles. The third-order valence-electron chi connectivity index (χ3n) is 3.32. The Hall–Kier alpha value is -2.27. The first-order valence-electron chi connectivity index (χ1n) is 7.43. The van der Waals surface area contributed by atoms with Crippen molar-refractivity contribution < 1.29 is 9.59 Å². The van der Waals surface area contributed by atoms with Gasteiger partial charge in [-0.2, -0.15) is 0 Å². The molecule has 0 bridgehead atoms. The van der Waals surface area contributed by atoms with E-state index in [1.807, 2.05) is 6.92 Å². The van der Waals surface area contributed by atoms with Crippen LogP contribution in [0.1, 0.15) is 46.3 Å². The maximum absolute atomic E-state index is 12.7. The molecule has 2 amide bonds. The average Bonchev–Trinajstić information content (AvgIpc) is 2.56. The van der Waals surface area contributed by atoms with Crippen molar-refractivity contribution in [1.82, 2.24) is 14.9 Å². The van der Waals surface area contributed by atoms with Crippen LogP contribution >= 0.6 is 11.6 Å². The molecule has 0 radical (unpaired) electrons. The smallest absolute Gasteiger partial charge is 0.273 e. The van der Waals surface area contributed by atoms with E-state index in [9.17, 15) is 9.59 Å². The minimum Gasteiger partial charge on any atom is -0.273 e. The summed E-state index contributed by atoms with van der Waals surface area (Å²) in [4.78, 5) is 34.6. The molecule has 120 valence electrons. The maximum Gasteiger partial charge on any atom is 0.280 e. The number of aryl methyl sites for hydroxylation is 1. The summed E-state index contributed by atoms with van der Waals surface area (Å²) in [6, 6.07) is 6.47. The van der Waals surface area contributed by atoms with Gasteiger partial charge >= 0.3 is 0 Å². The van der Waals surface area contributed by atoms with Crippen LogP contribution in [0.5, 0.6) is 0 Å². The number of unbranched alkanes of at least 4 members (excludes halogenated alkanes) is 1. The van der Waals surface area contributed by atoms with Crippen LogP contribution < -0.4 is 0 Å². The van der Waals surface area contributed by atoms with Crippen LogP contribution in [0.15, 0.2) is 36.7 Å². The molecule has 5 nitrogen and oxygen atoms in total. The third kappa shape index (κ3) is 4.36. The molecule has 0 spiro atoms. The van der Waals surface area contributed by atoms with Gasteiger partial charge in [-0.25, -0.2) is 4.98 Å². The molecule has 23 heavy (non-hydrogen) atoms. The topological polar surface area (TPSA) is 63.2 Å². The zero-order valence-corrected chi connectivity index (χ0v) is 13.9. The van der Waals surface area contributed by atoms with Crippen LogP contribution in [-0.4, -0.2) is 33.2 Å². The Balaban J connectivity index is 2.28. The van der Waals surface area contributed by atoms with Gasteiger partial charge < -0.3 is 0 Å². The summed E-state index contributed by atoms with van der Waals surface area (Å²) < 4.78 is 0. The largest absolute Gasteiger partial charge is 0.280 e. The van der Waals surface area contributed by atoms with Crippen LogP contribution in [0.4, 0.5) is 0 Å². The van der Waals surface area contributed by atoms with Crippen LogP contribution in [-0.2, 0) is 0 Å². The first-order valence-corrected chi connectivity index (χ1v) is 7.81. The van der Waals surface area contributed by atoms with Crippen LogP contribution in [0.25, 0.3) is 0 Å². The molecule has 0 aliphatic carbocycles. The molecule has 1 aromatic carbocycles. The molecule has 0 N–H and O–H groups in total. The second-order valence-electron chi connectivity index (χ2n) is 5.17. The lowest BCUT2D eigenvalue weighted by molar-refractivity contribution is 0.0610. The van der Waals surface area contributed by atoms with Crippen LogP contribution in [0.2, 0.25) is 5.02 Å². The fourth-order valence-electron chi connectivity index (χ4n) is 2.00. The van der Waals surface area contributed by atoms with Gasteiger partial charge in [0.05, 0.1) is 11.9 Å². The molecule has 0 fully saturated rings. The fourth-order valence-corrected chi connectivity index (χ4v) is 2.13. The summed E-state index contributed by atoms with van der Waals surface area (Å²) in [6.07, 6.45) is 4.51. The SMILES string of the molecule is CCCCN(C(=O)c1ccc(Cl)cc1)C(=O)c1cnc(C)cn1. The number of amides is 2. The van der Waals surface area contributed by atoms with Gasteiger partial charge in [-0.05, 0) is 37.6 Å². The molecule has 0 saturated heterocycles. The molecule has 1 heterocycles. The number of benzene rings is 1. The Labute approximate surface area is 140 Å². The highest BCUT2D eigenvalue weighted by Gasteiger charge is 2.24. The van der Waals surface area contributed by atoms with Crippen molar-refractivity contribution in [3.05, 3.63) is 58.6 Å². The summed E-state index contributed by atoms with van der Waals surface area (Å²) in [5, 5.41) is 0.539. The molecule has 1 aromatic heterocycles. The number of aromatic nitrogens is 2. The Kier molecular flexibility index (Phi) is 5.82. The van der Waals surface area contributed by atoms with Crippen molar-refractivity contribution in [2.24, 2.45) is 0 Å². The number of rotatable bonds is 5. The highest BCUT2D eigenvalue weighted by atomic mass is 35.5. The normalized spacial score (nSPS) is 10.4. The second-order valence-corrected chi connectivity index (χ2v) is 5.60. The van der Waals surface area contributed by atoms with Gasteiger partial charge in [0.2, 0.25) is 0 Å². The molecule has 6 heteroatoms. The number of halogens is 1. The molecule has 0 aliphatic rings. The minimum atomic E-state index is -0.439. The van der Waals surface area contributed by atoms with Crippen molar-refractivity contribution in [3.63, 3.8) is 0 Å². The highest BCUT2D eigenvalue weighted by molar-refractivity contribution is 6.30. The Bertz CT molecular complexity index is 626. The molecule has 2 aromatic rings. The number of carbonyl (C=O) groups excluding carboxylic acids is 2. The lowest BCUT2D eigenvalue weighted by Gasteiger charge is -2.20.